The number of nitrogens with one attached hydrogen (secondary N) is 2. The van der Waals surface area contributed by atoms with Gasteiger partial charge in [-0.05, 0) is 36.8 Å². The van der Waals surface area contributed by atoms with Gasteiger partial charge in [0.25, 0.3) is 5.56 Å². The molecule has 0 amide bonds. The van der Waals surface area contributed by atoms with Crippen molar-refractivity contribution < 1.29 is 4.74 Å². The summed E-state index contributed by atoms with van der Waals surface area (Å²) in [6.45, 7) is 4.79. The average Bonchev–Trinajstić information content (AvgIpc) is 3.07. The predicted octanol–water partition coefficient (Wildman–Crippen LogP) is 5.35. The van der Waals surface area contributed by atoms with E-state index in [0.29, 0.717) is 57.2 Å². The number of benzene rings is 2. The molecule has 11 heteroatoms. The summed E-state index contributed by atoms with van der Waals surface area (Å²) in [6, 6.07) is 19.9. The zero-order valence-corrected chi connectivity index (χ0v) is 24.6. The van der Waals surface area contributed by atoms with Crippen molar-refractivity contribution in [3.05, 3.63) is 117 Å². The predicted molar refractivity (Wildman–Crippen MR) is 173 cm³/mol. The number of ether oxygens (including phenoxy) is 1. The SMILES string of the molecule is C[C@H](Nc1ncnc2[nH]ccc(=O)c12)c1c(Cl)c2cccc(-c3ccc(N4CCOCC4)nc3)c2c(=O)n1-c1ccccc1. The van der Waals surface area contributed by atoms with Gasteiger partial charge in [0.05, 0.1) is 35.4 Å². The summed E-state index contributed by atoms with van der Waals surface area (Å²) >= 11 is 7.23. The topological polar surface area (TPSA) is 118 Å². The largest absolute Gasteiger partial charge is 0.378 e. The molecule has 10 nitrogen and oxygen atoms in total. The van der Waals surface area contributed by atoms with Crippen LogP contribution in [0.4, 0.5) is 11.6 Å². The molecule has 0 unspecified atom stereocenters. The fourth-order valence-electron chi connectivity index (χ4n) is 5.80. The molecule has 0 bridgehead atoms. The second kappa shape index (κ2) is 11.6. The molecule has 0 saturated carbocycles. The summed E-state index contributed by atoms with van der Waals surface area (Å²) in [5.41, 5.74) is 2.70. The molecule has 1 aliphatic rings. The van der Waals surface area contributed by atoms with Gasteiger partial charge in [-0.1, -0.05) is 48.0 Å². The quantitative estimate of drug-likeness (QED) is 0.261. The number of fused-ring (bicyclic) bond motifs is 2. The lowest BCUT2D eigenvalue weighted by Gasteiger charge is -2.27. The number of halogens is 1. The first kappa shape index (κ1) is 27.8. The lowest BCUT2D eigenvalue weighted by atomic mass is 9.98. The molecule has 1 aliphatic heterocycles. The monoisotopic (exact) mass is 605 g/mol. The highest BCUT2D eigenvalue weighted by atomic mass is 35.5. The van der Waals surface area contributed by atoms with Crippen LogP contribution in [0.2, 0.25) is 5.02 Å². The van der Waals surface area contributed by atoms with Gasteiger partial charge in [-0.15, -0.1) is 0 Å². The van der Waals surface area contributed by atoms with Crippen LogP contribution in [-0.4, -0.2) is 50.8 Å². The molecule has 2 aromatic carbocycles. The van der Waals surface area contributed by atoms with Crippen molar-refractivity contribution >= 4 is 45.0 Å². The maximum absolute atomic E-state index is 14.6. The van der Waals surface area contributed by atoms with Crippen molar-refractivity contribution in [2.45, 2.75) is 13.0 Å². The van der Waals surface area contributed by atoms with Crippen molar-refractivity contribution in [3.63, 3.8) is 0 Å². The first-order chi connectivity index (χ1) is 21.5. The Kier molecular flexibility index (Phi) is 7.29. The number of H-pyrrole nitrogens is 1. The van der Waals surface area contributed by atoms with Crippen LogP contribution < -0.4 is 21.2 Å². The molecule has 220 valence electrons. The summed E-state index contributed by atoms with van der Waals surface area (Å²) in [5.74, 6) is 1.21. The van der Waals surface area contributed by atoms with Gasteiger partial charge in [0.2, 0.25) is 0 Å². The zero-order valence-electron chi connectivity index (χ0n) is 23.8. The minimum Gasteiger partial charge on any atom is -0.378 e. The van der Waals surface area contributed by atoms with E-state index in [1.165, 1.54) is 12.4 Å². The summed E-state index contributed by atoms with van der Waals surface area (Å²) in [4.78, 5) is 45.8. The second-order valence-corrected chi connectivity index (χ2v) is 10.9. The molecule has 44 heavy (non-hydrogen) atoms. The zero-order chi connectivity index (χ0) is 30.2. The maximum atomic E-state index is 14.6. The van der Waals surface area contributed by atoms with Crippen LogP contribution in [0.1, 0.15) is 18.7 Å². The Labute approximate surface area is 257 Å². The Morgan fingerprint density at radius 3 is 2.52 bits per heavy atom. The smallest absolute Gasteiger partial charge is 0.263 e. The van der Waals surface area contributed by atoms with Crippen molar-refractivity contribution in [3.8, 4) is 16.8 Å². The Bertz CT molecular complexity index is 2100. The van der Waals surface area contributed by atoms with E-state index in [2.05, 4.69) is 25.2 Å². The molecule has 4 aromatic heterocycles. The van der Waals surface area contributed by atoms with Crippen LogP contribution in [0.3, 0.4) is 0 Å². The van der Waals surface area contributed by atoms with Gasteiger partial charge in [0.1, 0.15) is 29.0 Å². The minimum absolute atomic E-state index is 0.225. The van der Waals surface area contributed by atoms with Crippen LogP contribution >= 0.6 is 11.6 Å². The molecule has 0 aliphatic carbocycles. The van der Waals surface area contributed by atoms with Gasteiger partial charge in [0.15, 0.2) is 5.43 Å². The van der Waals surface area contributed by atoms with Gasteiger partial charge in [0, 0.05) is 48.2 Å². The number of hydrogen-bond acceptors (Lipinski definition) is 8. The number of aromatic amines is 1. The average molecular weight is 606 g/mol. The van der Waals surface area contributed by atoms with E-state index >= 15 is 0 Å². The third-order valence-corrected chi connectivity index (χ3v) is 8.30. The number of nitrogens with zero attached hydrogens (tertiary/aromatic N) is 5. The molecular weight excluding hydrogens is 578 g/mol. The fraction of sp³-hybridized carbons (Fsp3) is 0.182. The summed E-state index contributed by atoms with van der Waals surface area (Å²) in [7, 11) is 0. The van der Waals surface area contributed by atoms with Crippen LogP contribution in [-0.2, 0) is 4.74 Å². The molecule has 0 spiro atoms. The van der Waals surface area contributed by atoms with E-state index < -0.39 is 6.04 Å². The van der Waals surface area contributed by atoms with Gasteiger partial charge in [-0.2, -0.15) is 0 Å². The number of morpholine rings is 1. The number of pyridine rings is 3. The van der Waals surface area contributed by atoms with Crippen LogP contribution in [0.25, 0.3) is 38.6 Å². The van der Waals surface area contributed by atoms with E-state index in [9.17, 15) is 9.59 Å². The number of anilines is 2. The molecular formula is C33H28ClN7O3. The lowest BCUT2D eigenvalue weighted by Crippen LogP contribution is -2.36. The van der Waals surface area contributed by atoms with Gasteiger partial charge in [-0.25, -0.2) is 15.0 Å². The van der Waals surface area contributed by atoms with E-state index in [1.807, 2.05) is 67.6 Å². The molecule has 1 fully saturated rings. The normalized spacial score (nSPS) is 14.2. The molecule has 6 aromatic rings. The van der Waals surface area contributed by atoms with Crippen LogP contribution in [0, 0.1) is 0 Å². The van der Waals surface area contributed by atoms with Gasteiger partial charge in [-0.3, -0.25) is 14.2 Å². The second-order valence-electron chi connectivity index (χ2n) is 10.6. The maximum Gasteiger partial charge on any atom is 0.263 e. The molecule has 2 N–H and O–H groups in total. The van der Waals surface area contributed by atoms with Gasteiger partial charge < -0.3 is 19.9 Å². The van der Waals surface area contributed by atoms with Crippen molar-refractivity contribution in [1.29, 1.82) is 0 Å². The highest BCUT2D eigenvalue weighted by molar-refractivity contribution is 6.36. The third-order valence-electron chi connectivity index (χ3n) is 7.90. The van der Waals surface area contributed by atoms with Crippen molar-refractivity contribution in [1.82, 2.24) is 24.5 Å². The standard InChI is InChI=1S/C33H28ClN7O3/c1-20(39-32-28-25(42)12-13-35-31(28)37-19-38-32)30-29(34)24-9-5-8-23(27(24)33(43)41(30)22-6-3-2-4-7-22)21-10-11-26(36-18-21)40-14-16-44-17-15-40/h2-13,18-20H,14-17H2,1H3,(H2,35,37,38,39,42)/t20-/m0/s1. The highest BCUT2D eigenvalue weighted by Gasteiger charge is 2.24. The van der Waals surface area contributed by atoms with E-state index in [4.69, 9.17) is 21.3 Å². The number of aromatic nitrogens is 5. The number of para-hydroxylation sites is 1. The summed E-state index contributed by atoms with van der Waals surface area (Å²) in [6.07, 6.45) is 4.72. The Morgan fingerprint density at radius 2 is 1.75 bits per heavy atom. The minimum atomic E-state index is -0.532. The fourth-order valence-corrected chi connectivity index (χ4v) is 6.20. The van der Waals surface area contributed by atoms with Gasteiger partial charge >= 0.3 is 0 Å². The molecule has 0 radical (unpaired) electrons. The Balaban J connectivity index is 1.39. The highest BCUT2D eigenvalue weighted by Crippen LogP contribution is 2.36. The van der Waals surface area contributed by atoms with Crippen molar-refractivity contribution in [2.75, 3.05) is 36.5 Å². The van der Waals surface area contributed by atoms with Crippen LogP contribution in [0.5, 0.6) is 0 Å². The third kappa shape index (κ3) is 4.87. The first-order valence-corrected chi connectivity index (χ1v) is 14.7. The molecule has 1 saturated heterocycles. The Morgan fingerprint density at radius 1 is 0.932 bits per heavy atom. The molecule has 5 heterocycles. The van der Waals surface area contributed by atoms with Crippen LogP contribution in [0.15, 0.2) is 95.0 Å². The number of hydrogen-bond donors (Lipinski definition) is 2. The van der Waals surface area contributed by atoms with E-state index in [0.717, 1.165) is 30.0 Å². The summed E-state index contributed by atoms with van der Waals surface area (Å²) in [5, 5.41) is 5.17. The van der Waals surface area contributed by atoms with E-state index in [-0.39, 0.29) is 11.0 Å². The first-order valence-electron chi connectivity index (χ1n) is 14.3. The Hall–Kier alpha value is -5.06. The summed E-state index contributed by atoms with van der Waals surface area (Å²) < 4.78 is 7.11. The molecule has 7 rings (SSSR count). The number of rotatable bonds is 6. The van der Waals surface area contributed by atoms with E-state index in [1.54, 1.807) is 17.0 Å². The van der Waals surface area contributed by atoms with Crippen molar-refractivity contribution in [2.24, 2.45) is 0 Å². The molecule has 1 atom stereocenters. The lowest BCUT2D eigenvalue weighted by molar-refractivity contribution is 0.122.